The van der Waals surface area contributed by atoms with Crippen molar-refractivity contribution in [2.24, 2.45) is 0 Å². The molecule has 1 aliphatic carbocycles. The summed E-state index contributed by atoms with van der Waals surface area (Å²) in [6.45, 7) is 16.5. The molecule has 2 aliphatic rings. The van der Waals surface area contributed by atoms with Crippen molar-refractivity contribution in [3.8, 4) is 33.4 Å². The summed E-state index contributed by atoms with van der Waals surface area (Å²) < 4.78 is 14.0. The van der Waals surface area contributed by atoms with E-state index in [1.165, 1.54) is 39.6 Å². The number of hydrogen-bond acceptors (Lipinski definition) is 4. The molecule has 0 radical (unpaired) electrons. The van der Waals surface area contributed by atoms with Crippen LogP contribution in [0.1, 0.15) is 78.0 Å². The first kappa shape index (κ1) is 41.2. The zero-order valence-corrected chi connectivity index (χ0v) is 39.6. The second-order valence-corrected chi connectivity index (χ2v) is 21.2. The van der Waals surface area contributed by atoms with E-state index in [0.717, 1.165) is 95.8 Å². The zero-order chi connectivity index (χ0) is 45.8. The van der Waals surface area contributed by atoms with Crippen LogP contribution < -0.4 is 21.1 Å². The molecule has 0 atom stereocenters. The third-order valence-corrected chi connectivity index (χ3v) is 14.9. The minimum atomic E-state index is -0.0562. The van der Waals surface area contributed by atoms with Gasteiger partial charge in [-0.15, -0.1) is 0 Å². The Kier molecular flexibility index (Phi) is 9.32. The van der Waals surface area contributed by atoms with E-state index in [4.69, 9.17) is 8.83 Å². The fourth-order valence-corrected chi connectivity index (χ4v) is 11.1. The van der Waals surface area contributed by atoms with Gasteiger partial charge in [-0.25, -0.2) is 0 Å². The first-order chi connectivity index (χ1) is 32.3. The predicted octanol–water partition coefficient (Wildman–Crippen LogP) is 15.9. The van der Waals surface area contributed by atoms with E-state index in [9.17, 15) is 0 Å². The molecule has 0 bridgehead atoms. The van der Waals surface area contributed by atoms with E-state index in [0.29, 0.717) is 7.28 Å². The van der Waals surface area contributed by atoms with Crippen LogP contribution in [-0.4, -0.2) is 7.28 Å². The molecule has 0 spiro atoms. The quantitative estimate of drug-likeness (QED) is 0.169. The molecule has 0 fully saturated rings. The minimum absolute atomic E-state index is 0.0562. The molecule has 67 heavy (non-hydrogen) atoms. The minimum Gasteiger partial charge on any atom is -0.456 e. The van der Waals surface area contributed by atoms with Gasteiger partial charge in [-0.2, -0.15) is 0 Å². The van der Waals surface area contributed by atoms with Gasteiger partial charge in [0.1, 0.15) is 16.7 Å². The van der Waals surface area contributed by atoms with E-state index in [1.54, 1.807) is 0 Å². The molecule has 8 aromatic carbocycles. The van der Waals surface area contributed by atoms with Crippen LogP contribution in [0.15, 0.2) is 179 Å². The van der Waals surface area contributed by atoms with Gasteiger partial charge in [-0.3, -0.25) is 4.90 Å². The van der Waals surface area contributed by atoms with Gasteiger partial charge in [0.2, 0.25) is 7.28 Å². The van der Waals surface area contributed by atoms with Crippen LogP contribution >= 0.6 is 0 Å². The number of benzene rings is 8. The highest BCUT2D eigenvalue weighted by atomic mass is 16.4. The molecular weight excluding hydrogens is 816 g/mol. The van der Waals surface area contributed by atoms with E-state index < -0.39 is 0 Å². The van der Waals surface area contributed by atoms with Crippen LogP contribution in [0.4, 0.5) is 28.6 Å². The van der Waals surface area contributed by atoms with Gasteiger partial charge in [0.15, 0.2) is 5.88 Å². The first-order valence-corrected chi connectivity index (χ1v) is 23.9. The standard InChI is InChI=1S/C62H55BN2O2/c1-60(2,3)41-27-31-50(46(35-41)39-20-12-9-13-21-39)65-51-37-54-55(44-22-14-16-24-52(44)66-54)56(58(51)63-57-45-23-15-17-25-53(45)67-59(57)65)43-29-26-40(38-18-10-8-11-19-38)34-49(43)64-42-28-30-47-48(36-42)62(6,7)33-32-61(47,4)5/h8-31,34-37,63-64H,32-33H2,1-7H3. The summed E-state index contributed by atoms with van der Waals surface area (Å²) in [5.41, 5.74) is 20.4. The molecule has 5 heteroatoms. The third kappa shape index (κ3) is 6.81. The molecule has 2 aromatic heterocycles. The fourth-order valence-electron chi connectivity index (χ4n) is 11.1. The lowest BCUT2D eigenvalue weighted by molar-refractivity contribution is 0.332. The Balaban J connectivity index is 1.17. The molecule has 1 aliphatic heterocycles. The molecule has 4 nitrogen and oxygen atoms in total. The third-order valence-electron chi connectivity index (χ3n) is 14.9. The molecule has 1 N–H and O–H groups in total. The second-order valence-electron chi connectivity index (χ2n) is 21.2. The van der Waals surface area contributed by atoms with Gasteiger partial charge >= 0.3 is 0 Å². The SMILES string of the molecule is CC(C)(C)c1ccc(N2c3cc4oc5ccccc5c4c(-c4ccc(-c5ccccc5)cc4Nc4ccc5c(c4)C(C)(C)CCC5(C)C)c3Bc3c2oc2ccccc32)c(-c2ccccc2)c1. The maximum atomic E-state index is 7.05. The number of rotatable bonds is 6. The average Bonchev–Trinajstić information content (AvgIpc) is 3.90. The van der Waals surface area contributed by atoms with Gasteiger partial charge in [0.25, 0.3) is 0 Å². The number of nitrogens with one attached hydrogen (secondary N) is 1. The Morgan fingerprint density at radius 3 is 1.91 bits per heavy atom. The van der Waals surface area contributed by atoms with E-state index in [1.807, 2.05) is 0 Å². The summed E-state index contributed by atoms with van der Waals surface area (Å²) in [6.07, 6.45) is 2.33. The van der Waals surface area contributed by atoms with Gasteiger partial charge in [0, 0.05) is 50.4 Å². The topological polar surface area (TPSA) is 41.6 Å². The van der Waals surface area contributed by atoms with Crippen LogP contribution in [0.25, 0.3) is 66.3 Å². The molecule has 10 aromatic rings. The maximum absolute atomic E-state index is 7.05. The first-order valence-electron chi connectivity index (χ1n) is 23.9. The summed E-state index contributed by atoms with van der Waals surface area (Å²) >= 11 is 0. The second kappa shape index (κ2) is 15.2. The van der Waals surface area contributed by atoms with Crippen molar-refractivity contribution in [1.29, 1.82) is 0 Å². The Morgan fingerprint density at radius 1 is 0.522 bits per heavy atom. The fraction of sp³-hybridized carbons (Fsp3) is 0.194. The highest BCUT2D eigenvalue weighted by molar-refractivity contribution is 6.76. The van der Waals surface area contributed by atoms with Crippen LogP contribution in [0.5, 0.6) is 0 Å². The number of furan rings is 2. The van der Waals surface area contributed by atoms with E-state index >= 15 is 0 Å². The van der Waals surface area contributed by atoms with E-state index in [2.05, 4.69) is 229 Å². The van der Waals surface area contributed by atoms with Gasteiger partial charge < -0.3 is 14.2 Å². The van der Waals surface area contributed by atoms with Crippen LogP contribution in [0.2, 0.25) is 0 Å². The van der Waals surface area contributed by atoms with Crippen molar-refractivity contribution in [2.45, 2.75) is 77.6 Å². The number of nitrogens with zero attached hydrogens (tertiary/aromatic N) is 1. The largest absolute Gasteiger partial charge is 0.456 e. The Labute approximate surface area is 394 Å². The van der Waals surface area contributed by atoms with Crippen molar-refractivity contribution in [1.82, 2.24) is 0 Å². The number of fused-ring (bicyclic) bond motifs is 8. The van der Waals surface area contributed by atoms with Gasteiger partial charge in [-0.05, 0) is 121 Å². The summed E-state index contributed by atoms with van der Waals surface area (Å²) in [5.74, 6) is 0.841. The molecule has 0 saturated heterocycles. The smallest absolute Gasteiger partial charge is 0.203 e. The van der Waals surface area contributed by atoms with Crippen LogP contribution in [0.3, 0.4) is 0 Å². The molecule has 3 heterocycles. The lowest BCUT2D eigenvalue weighted by Gasteiger charge is -2.42. The highest BCUT2D eigenvalue weighted by Gasteiger charge is 2.38. The lowest BCUT2D eigenvalue weighted by Crippen LogP contribution is -2.40. The summed E-state index contributed by atoms with van der Waals surface area (Å²) in [6, 6.07) is 61.9. The normalized spacial score (nSPS) is 15.0. The summed E-state index contributed by atoms with van der Waals surface area (Å²) in [4.78, 5) is 2.39. The van der Waals surface area contributed by atoms with Crippen molar-refractivity contribution in [3.63, 3.8) is 0 Å². The van der Waals surface area contributed by atoms with Crippen LogP contribution in [-0.2, 0) is 16.2 Å². The number of anilines is 5. The van der Waals surface area contributed by atoms with Gasteiger partial charge in [0.05, 0.1) is 5.69 Å². The average molecular weight is 871 g/mol. The van der Waals surface area contributed by atoms with Crippen molar-refractivity contribution in [3.05, 3.63) is 187 Å². The molecule has 0 saturated carbocycles. The summed E-state index contributed by atoms with van der Waals surface area (Å²) in [7, 11) is 0.672. The molecule has 12 rings (SSSR count). The maximum Gasteiger partial charge on any atom is 0.203 e. The Hall–Kier alpha value is -7.24. The number of para-hydroxylation sites is 2. The van der Waals surface area contributed by atoms with Crippen molar-refractivity contribution in [2.75, 3.05) is 10.2 Å². The van der Waals surface area contributed by atoms with Gasteiger partial charge in [-0.1, -0.05) is 170 Å². The van der Waals surface area contributed by atoms with Crippen molar-refractivity contribution < 1.29 is 8.83 Å². The zero-order valence-electron chi connectivity index (χ0n) is 39.6. The lowest BCUT2D eigenvalue weighted by atomic mass is 9.58. The molecule has 328 valence electrons. The Bertz CT molecular complexity index is 3570. The van der Waals surface area contributed by atoms with E-state index in [-0.39, 0.29) is 16.2 Å². The highest BCUT2D eigenvalue weighted by Crippen LogP contribution is 2.51. The molecule has 0 amide bonds. The Morgan fingerprint density at radius 2 is 1.18 bits per heavy atom. The predicted molar refractivity (Wildman–Crippen MR) is 285 cm³/mol. The molecule has 0 unspecified atom stereocenters. The number of hydrogen-bond donors (Lipinski definition) is 1. The van der Waals surface area contributed by atoms with Crippen molar-refractivity contribution >= 4 is 79.7 Å². The molecular formula is C62H55BN2O2. The summed E-state index contributed by atoms with van der Waals surface area (Å²) in [5, 5.41) is 7.42. The monoisotopic (exact) mass is 870 g/mol. The van der Waals surface area contributed by atoms with Crippen LogP contribution in [0, 0.1) is 0 Å².